The SMILES string of the molecule is O=C(c1cccc(-c2ccccc2F)c1)N1CCOC[C@H]1CO. The quantitative estimate of drug-likeness (QED) is 0.946. The molecule has 1 atom stereocenters. The molecule has 120 valence electrons. The van der Waals surface area contributed by atoms with Gasteiger partial charge in [-0.1, -0.05) is 30.3 Å². The van der Waals surface area contributed by atoms with Crippen LogP contribution in [0.1, 0.15) is 10.4 Å². The fraction of sp³-hybridized carbons (Fsp3) is 0.278. The van der Waals surface area contributed by atoms with Crippen LogP contribution in [0.25, 0.3) is 11.1 Å². The topological polar surface area (TPSA) is 49.8 Å². The summed E-state index contributed by atoms with van der Waals surface area (Å²) in [5, 5.41) is 9.40. The van der Waals surface area contributed by atoms with Crippen LogP contribution in [0.2, 0.25) is 0 Å². The molecule has 1 fully saturated rings. The average molecular weight is 315 g/mol. The summed E-state index contributed by atoms with van der Waals surface area (Å²) in [5.41, 5.74) is 1.59. The van der Waals surface area contributed by atoms with Gasteiger partial charge in [0, 0.05) is 17.7 Å². The van der Waals surface area contributed by atoms with Gasteiger partial charge in [0.15, 0.2) is 0 Å². The Kier molecular flexibility index (Phi) is 4.69. The number of morpholine rings is 1. The first kappa shape index (κ1) is 15.6. The molecule has 3 rings (SSSR count). The van der Waals surface area contributed by atoms with E-state index in [1.165, 1.54) is 6.07 Å². The van der Waals surface area contributed by atoms with Gasteiger partial charge in [-0.15, -0.1) is 0 Å². The molecule has 0 spiro atoms. The molecule has 1 heterocycles. The van der Waals surface area contributed by atoms with Crippen LogP contribution in [0.4, 0.5) is 4.39 Å². The predicted octanol–water partition coefficient (Wildman–Crippen LogP) is 2.33. The highest BCUT2D eigenvalue weighted by molar-refractivity contribution is 5.95. The van der Waals surface area contributed by atoms with Gasteiger partial charge in [-0.3, -0.25) is 4.79 Å². The number of carbonyl (C=O) groups is 1. The zero-order chi connectivity index (χ0) is 16.2. The predicted molar refractivity (Wildman–Crippen MR) is 84.6 cm³/mol. The van der Waals surface area contributed by atoms with Crippen molar-refractivity contribution in [2.75, 3.05) is 26.4 Å². The number of nitrogens with zero attached hydrogens (tertiary/aromatic N) is 1. The minimum absolute atomic E-state index is 0.140. The minimum Gasteiger partial charge on any atom is -0.394 e. The first-order valence-corrected chi connectivity index (χ1v) is 7.55. The second-order valence-corrected chi connectivity index (χ2v) is 5.47. The Balaban J connectivity index is 1.90. The molecule has 1 saturated heterocycles. The molecule has 23 heavy (non-hydrogen) atoms. The number of aliphatic hydroxyl groups excluding tert-OH is 1. The molecule has 1 N–H and O–H groups in total. The summed E-state index contributed by atoms with van der Waals surface area (Å²) in [5.74, 6) is -0.498. The van der Waals surface area contributed by atoms with E-state index in [1.54, 1.807) is 47.4 Å². The van der Waals surface area contributed by atoms with Crippen molar-refractivity contribution in [3.05, 3.63) is 59.9 Å². The Bertz CT molecular complexity index is 704. The number of rotatable bonds is 3. The Hall–Kier alpha value is -2.24. The molecule has 2 aromatic carbocycles. The van der Waals surface area contributed by atoms with Crippen LogP contribution in [0.5, 0.6) is 0 Å². The van der Waals surface area contributed by atoms with Gasteiger partial charge in [-0.2, -0.15) is 0 Å². The Morgan fingerprint density at radius 3 is 2.87 bits per heavy atom. The van der Waals surface area contributed by atoms with Crippen molar-refractivity contribution < 1.29 is 19.0 Å². The molecule has 1 aliphatic heterocycles. The fourth-order valence-electron chi connectivity index (χ4n) is 2.75. The number of halogens is 1. The lowest BCUT2D eigenvalue weighted by molar-refractivity contribution is -0.0183. The van der Waals surface area contributed by atoms with E-state index in [1.807, 2.05) is 0 Å². The molecule has 0 aliphatic carbocycles. The number of amides is 1. The molecule has 0 bridgehead atoms. The van der Waals surface area contributed by atoms with Crippen molar-refractivity contribution in [1.29, 1.82) is 0 Å². The van der Waals surface area contributed by atoms with Gasteiger partial charge in [0.05, 0.1) is 25.9 Å². The first-order chi connectivity index (χ1) is 11.2. The highest BCUT2D eigenvalue weighted by Gasteiger charge is 2.27. The van der Waals surface area contributed by atoms with Crippen molar-refractivity contribution in [3.8, 4) is 11.1 Å². The molecule has 5 heteroatoms. The summed E-state index contributed by atoms with van der Waals surface area (Å²) < 4.78 is 19.2. The molecule has 0 radical (unpaired) electrons. The second-order valence-electron chi connectivity index (χ2n) is 5.47. The zero-order valence-electron chi connectivity index (χ0n) is 12.6. The van der Waals surface area contributed by atoms with E-state index in [2.05, 4.69) is 0 Å². The molecular weight excluding hydrogens is 297 g/mol. The summed E-state index contributed by atoms with van der Waals surface area (Å²) >= 11 is 0. The van der Waals surface area contributed by atoms with Crippen molar-refractivity contribution in [3.63, 3.8) is 0 Å². The van der Waals surface area contributed by atoms with Gasteiger partial charge in [0.1, 0.15) is 5.82 Å². The van der Waals surface area contributed by atoms with E-state index >= 15 is 0 Å². The Morgan fingerprint density at radius 2 is 2.09 bits per heavy atom. The van der Waals surface area contributed by atoms with Crippen LogP contribution < -0.4 is 0 Å². The third-order valence-electron chi connectivity index (χ3n) is 3.99. The normalized spacial score (nSPS) is 18.0. The summed E-state index contributed by atoms with van der Waals surface area (Å²) in [4.78, 5) is 14.3. The van der Waals surface area contributed by atoms with Gasteiger partial charge in [-0.25, -0.2) is 4.39 Å². The lowest BCUT2D eigenvalue weighted by Gasteiger charge is -2.34. The molecule has 4 nitrogen and oxygen atoms in total. The second kappa shape index (κ2) is 6.89. The summed E-state index contributed by atoms with van der Waals surface area (Å²) in [6.45, 7) is 1.08. The summed E-state index contributed by atoms with van der Waals surface area (Å²) in [6, 6.07) is 13.0. The van der Waals surface area contributed by atoms with Crippen LogP contribution in [0.3, 0.4) is 0 Å². The van der Waals surface area contributed by atoms with Crippen molar-refractivity contribution >= 4 is 5.91 Å². The van der Waals surface area contributed by atoms with Crippen molar-refractivity contribution in [1.82, 2.24) is 4.90 Å². The van der Waals surface area contributed by atoms with Crippen LogP contribution in [-0.4, -0.2) is 48.3 Å². The third-order valence-corrected chi connectivity index (χ3v) is 3.99. The number of hydrogen-bond acceptors (Lipinski definition) is 3. The molecule has 1 aliphatic rings. The van der Waals surface area contributed by atoms with E-state index in [0.717, 1.165) is 0 Å². The molecule has 0 aromatic heterocycles. The van der Waals surface area contributed by atoms with Crippen LogP contribution >= 0.6 is 0 Å². The van der Waals surface area contributed by atoms with E-state index in [0.29, 0.717) is 36.4 Å². The van der Waals surface area contributed by atoms with Gasteiger partial charge in [-0.05, 0) is 23.8 Å². The molecular formula is C18H18FNO3. The summed E-state index contributed by atoms with van der Waals surface area (Å²) in [6.07, 6.45) is 0. The standard InChI is InChI=1S/C18H18FNO3/c19-17-7-2-1-6-16(17)13-4-3-5-14(10-13)18(22)20-8-9-23-12-15(20)11-21/h1-7,10,15,21H,8-9,11-12H2/t15-/m1/s1. The number of aliphatic hydroxyl groups is 1. The number of ether oxygens (including phenoxy) is 1. The average Bonchev–Trinajstić information content (AvgIpc) is 2.61. The molecule has 2 aromatic rings. The van der Waals surface area contributed by atoms with Crippen molar-refractivity contribution in [2.24, 2.45) is 0 Å². The minimum atomic E-state index is -0.339. The van der Waals surface area contributed by atoms with Crippen LogP contribution in [0, 0.1) is 5.82 Å². The highest BCUT2D eigenvalue weighted by atomic mass is 19.1. The lowest BCUT2D eigenvalue weighted by Crippen LogP contribution is -2.50. The van der Waals surface area contributed by atoms with Crippen LogP contribution in [-0.2, 0) is 4.74 Å². The smallest absolute Gasteiger partial charge is 0.254 e. The van der Waals surface area contributed by atoms with Gasteiger partial charge in [0.2, 0.25) is 0 Å². The van der Waals surface area contributed by atoms with E-state index < -0.39 is 0 Å². The maximum absolute atomic E-state index is 13.9. The molecule has 0 unspecified atom stereocenters. The monoisotopic (exact) mass is 315 g/mol. The maximum Gasteiger partial charge on any atom is 0.254 e. The van der Waals surface area contributed by atoms with Gasteiger partial charge < -0.3 is 14.7 Å². The Morgan fingerprint density at radius 1 is 1.26 bits per heavy atom. The maximum atomic E-state index is 13.9. The molecule has 0 saturated carbocycles. The Labute approximate surface area is 134 Å². The number of benzene rings is 2. The van der Waals surface area contributed by atoms with E-state index in [9.17, 15) is 14.3 Å². The highest BCUT2D eigenvalue weighted by Crippen LogP contribution is 2.24. The van der Waals surface area contributed by atoms with Crippen molar-refractivity contribution in [2.45, 2.75) is 6.04 Å². The summed E-state index contributed by atoms with van der Waals surface area (Å²) in [7, 11) is 0. The van der Waals surface area contributed by atoms with E-state index in [4.69, 9.17) is 4.74 Å². The molecule has 1 amide bonds. The fourth-order valence-corrected chi connectivity index (χ4v) is 2.75. The number of hydrogen-bond donors (Lipinski definition) is 1. The lowest BCUT2D eigenvalue weighted by atomic mass is 10.0. The largest absolute Gasteiger partial charge is 0.394 e. The van der Waals surface area contributed by atoms with Gasteiger partial charge >= 0.3 is 0 Å². The van der Waals surface area contributed by atoms with E-state index in [-0.39, 0.29) is 24.4 Å². The van der Waals surface area contributed by atoms with Gasteiger partial charge in [0.25, 0.3) is 5.91 Å². The first-order valence-electron chi connectivity index (χ1n) is 7.55. The number of carbonyl (C=O) groups excluding carboxylic acids is 1. The third kappa shape index (κ3) is 3.25. The zero-order valence-corrected chi connectivity index (χ0v) is 12.6. The van der Waals surface area contributed by atoms with Crippen LogP contribution in [0.15, 0.2) is 48.5 Å².